The maximum Gasteiger partial charge on any atom is 0.274 e. The van der Waals surface area contributed by atoms with Crippen molar-refractivity contribution in [3.8, 4) is 5.75 Å². The molecule has 144 valence electrons. The molecule has 0 aliphatic rings. The second kappa shape index (κ2) is 9.04. The first-order valence-electron chi connectivity index (χ1n) is 9.27. The molecular weight excluding hydrogens is 350 g/mol. The third-order valence-electron chi connectivity index (χ3n) is 4.59. The van der Waals surface area contributed by atoms with Crippen molar-refractivity contribution in [1.29, 1.82) is 0 Å². The van der Waals surface area contributed by atoms with Crippen LogP contribution in [0.15, 0.2) is 60.8 Å². The fourth-order valence-electron chi connectivity index (χ4n) is 3.03. The number of aromatic nitrogens is 1. The summed E-state index contributed by atoms with van der Waals surface area (Å²) in [4.78, 5) is 16.8. The minimum atomic E-state index is -0.214. The number of rotatable bonds is 7. The van der Waals surface area contributed by atoms with Gasteiger partial charge in [-0.05, 0) is 61.2 Å². The van der Waals surface area contributed by atoms with Gasteiger partial charge in [-0.2, -0.15) is 0 Å². The van der Waals surface area contributed by atoms with E-state index in [1.165, 1.54) is 5.56 Å². The number of aryl methyl sites for hydroxylation is 2. The van der Waals surface area contributed by atoms with Crippen LogP contribution in [0.2, 0.25) is 0 Å². The van der Waals surface area contributed by atoms with Gasteiger partial charge < -0.3 is 15.4 Å². The Balaban J connectivity index is 1.62. The zero-order chi connectivity index (χ0) is 19.9. The third kappa shape index (κ3) is 4.88. The first kappa shape index (κ1) is 19.4. The molecule has 3 rings (SSSR count). The van der Waals surface area contributed by atoms with E-state index in [1.807, 2.05) is 56.3 Å². The molecule has 0 saturated carbocycles. The number of para-hydroxylation sites is 1. The number of methoxy groups -OCH3 is 1. The summed E-state index contributed by atoms with van der Waals surface area (Å²) in [6, 6.07) is 17.6. The van der Waals surface area contributed by atoms with E-state index in [2.05, 4.69) is 21.7 Å². The first-order chi connectivity index (χ1) is 13.6. The Labute approximate surface area is 165 Å². The molecule has 0 bridgehead atoms. The monoisotopic (exact) mass is 375 g/mol. The number of carbonyl (C=O) groups excluding carboxylic acids is 1. The zero-order valence-electron chi connectivity index (χ0n) is 16.5. The van der Waals surface area contributed by atoms with E-state index in [0.717, 1.165) is 41.2 Å². The summed E-state index contributed by atoms with van der Waals surface area (Å²) in [5.41, 5.74) is 5.33. The summed E-state index contributed by atoms with van der Waals surface area (Å²) in [5.74, 6) is 0.640. The first-order valence-corrected chi connectivity index (χ1v) is 9.27. The van der Waals surface area contributed by atoms with Gasteiger partial charge in [-0.1, -0.05) is 30.3 Å². The summed E-state index contributed by atoms with van der Waals surface area (Å²) in [5, 5.41) is 6.33. The van der Waals surface area contributed by atoms with E-state index in [4.69, 9.17) is 4.74 Å². The van der Waals surface area contributed by atoms with E-state index in [-0.39, 0.29) is 5.91 Å². The normalized spacial score (nSPS) is 10.4. The van der Waals surface area contributed by atoms with Gasteiger partial charge in [0.25, 0.3) is 5.91 Å². The molecule has 28 heavy (non-hydrogen) atoms. The number of ether oxygens (including phenoxy) is 1. The second-order valence-corrected chi connectivity index (χ2v) is 6.68. The molecule has 1 heterocycles. The lowest BCUT2D eigenvalue weighted by Crippen LogP contribution is -2.16. The SMILES string of the molecule is COc1cccc(CCNc2ccnc(C(=O)Nc3c(C)cccc3C)c2)c1. The molecule has 2 aromatic carbocycles. The van der Waals surface area contributed by atoms with Crippen LogP contribution in [-0.4, -0.2) is 24.5 Å². The van der Waals surface area contributed by atoms with Gasteiger partial charge in [0.2, 0.25) is 0 Å². The molecule has 3 aromatic rings. The summed E-state index contributed by atoms with van der Waals surface area (Å²) in [6.45, 7) is 4.70. The standard InChI is InChI=1S/C23H25N3O2/c1-16-6-4-7-17(2)22(16)26-23(27)21-15-19(11-13-25-21)24-12-10-18-8-5-9-20(14-18)28-3/h4-9,11,13-15H,10,12H2,1-3H3,(H,24,25)(H,26,27). The largest absolute Gasteiger partial charge is 0.497 e. The van der Waals surface area contributed by atoms with Crippen molar-refractivity contribution in [1.82, 2.24) is 4.98 Å². The van der Waals surface area contributed by atoms with Crippen molar-refractivity contribution in [3.63, 3.8) is 0 Å². The number of hydrogen-bond acceptors (Lipinski definition) is 4. The highest BCUT2D eigenvalue weighted by Crippen LogP contribution is 2.20. The summed E-state index contributed by atoms with van der Waals surface area (Å²) in [6.07, 6.45) is 2.50. The van der Waals surface area contributed by atoms with E-state index >= 15 is 0 Å². The van der Waals surface area contributed by atoms with E-state index < -0.39 is 0 Å². The quantitative estimate of drug-likeness (QED) is 0.633. The Bertz CT molecular complexity index is 949. The highest BCUT2D eigenvalue weighted by atomic mass is 16.5. The average Bonchev–Trinajstić information content (AvgIpc) is 2.71. The van der Waals surface area contributed by atoms with Crippen molar-refractivity contribution in [2.24, 2.45) is 0 Å². The Morgan fingerprint density at radius 3 is 2.54 bits per heavy atom. The molecule has 5 nitrogen and oxygen atoms in total. The Morgan fingerprint density at radius 1 is 1.04 bits per heavy atom. The fraction of sp³-hybridized carbons (Fsp3) is 0.217. The minimum Gasteiger partial charge on any atom is -0.497 e. The van der Waals surface area contributed by atoms with Crippen LogP contribution in [0.25, 0.3) is 0 Å². The molecule has 0 radical (unpaired) electrons. The fourth-order valence-corrected chi connectivity index (χ4v) is 3.03. The predicted octanol–water partition coefficient (Wildman–Crippen LogP) is 4.61. The number of amides is 1. The van der Waals surface area contributed by atoms with Crippen molar-refractivity contribution in [3.05, 3.63) is 83.2 Å². The van der Waals surface area contributed by atoms with Gasteiger partial charge in [0.05, 0.1) is 7.11 Å². The number of benzene rings is 2. The molecule has 0 aliphatic heterocycles. The lowest BCUT2D eigenvalue weighted by Gasteiger charge is -2.12. The van der Waals surface area contributed by atoms with Gasteiger partial charge in [0, 0.05) is 24.1 Å². The molecule has 0 unspecified atom stereocenters. The molecule has 0 spiro atoms. The van der Waals surface area contributed by atoms with Crippen LogP contribution in [0.5, 0.6) is 5.75 Å². The van der Waals surface area contributed by atoms with Crippen molar-refractivity contribution in [2.75, 3.05) is 24.3 Å². The summed E-state index contributed by atoms with van der Waals surface area (Å²) in [7, 11) is 1.67. The van der Waals surface area contributed by atoms with Crippen LogP contribution in [0.1, 0.15) is 27.2 Å². The summed E-state index contributed by atoms with van der Waals surface area (Å²) >= 11 is 0. The molecule has 0 fully saturated rings. The minimum absolute atomic E-state index is 0.214. The van der Waals surface area contributed by atoms with Gasteiger partial charge in [-0.3, -0.25) is 9.78 Å². The van der Waals surface area contributed by atoms with Crippen LogP contribution < -0.4 is 15.4 Å². The van der Waals surface area contributed by atoms with Crippen molar-refractivity contribution >= 4 is 17.3 Å². The van der Waals surface area contributed by atoms with Gasteiger partial charge in [0.1, 0.15) is 11.4 Å². The van der Waals surface area contributed by atoms with Gasteiger partial charge in [-0.25, -0.2) is 0 Å². The predicted molar refractivity (Wildman–Crippen MR) is 113 cm³/mol. The highest BCUT2D eigenvalue weighted by molar-refractivity contribution is 6.04. The van der Waals surface area contributed by atoms with E-state index in [9.17, 15) is 4.79 Å². The van der Waals surface area contributed by atoms with Crippen LogP contribution in [0, 0.1) is 13.8 Å². The maximum absolute atomic E-state index is 12.6. The molecule has 5 heteroatoms. The van der Waals surface area contributed by atoms with Gasteiger partial charge >= 0.3 is 0 Å². The number of nitrogens with one attached hydrogen (secondary N) is 2. The number of carbonyl (C=O) groups is 1. The van der Waals surface area contributed by atoms with Gasteiger partial charge in [0.15, 0.2) is 0 Å². The second-order valence-electron chi connectivity index (χ2n) is 6.68. The van der Waals surface area contributed by atoms with Crippen LogP contribution in [0.3, 0.4) is 0 Å². The van der Waals surface area contributed by atoms with Crippen molar-refractivity contribution in [2.45, 2.75) is 20.3 Å². The smallest absolute Gasteiger partial charge is 0.274 e. The molecule has 2 N–H and O–H groups in total. The number of nitrogens with zero attached hydrogens (tertiary/aromatic N) is 1. The van der Waals surface area contributed by atoms with Crippen molar-refractivity contribution < 1.29 is 9.53 Å². The molecular formula is C23H25N3O2. The lowest BCUT2D eigenvalue weighted by molar-refractivity contribution is 0.102. The Kier molecular flexibility index (Phi) is 6.27. The number of pyridine rings is 1. The molecule has 0 aliphatic carbocycles. The van der Waals surface area contributed by atoms with E-state index in [0.29, 0.717) is 5.69 Å². The molecule has 1 amide bonds. The molecule has 0 atom stereocenters. The summed E-state index contributed by atoms with van der Waals surface area (Å²) < 4.78 is 5.25. The average molecular weight is 375 g/mol. The number of anilines is 2. The van der Waals surface area contributed by atoms with Crippen LogP contribution in [-0.2, 0) is 6.42 Å². The Morgan fingerprint density at radius 2 is 1.79 bits per heavy atom. The molecule has 1 aromatic heterocycles. The Hall–Kier alpha value is -3.34. The van der Waals surface area contributed by atoms with E-state index in [1.54, 1.807) is 19.4 Å². The number of hydrogen-bond donors (Lipinski definition) is 2. The molecule has 0 saturated heterocycles. The van der Waals surface area contributed by atoms with Crippen LogP contribution >= 0.6 is 0 Å². The maximum atomic E-state index is 12.6. The third-order valence-corrected chi connectivity index (χ3v) is 4.59. The highest BCUT2D eigenvalue weighted by Gasteiger charge is 2.11. The zero-order valence-corrected chi connectivity index (χ0v) is 16.5. The lowest BCUT2D eigenvalue weighted by atomic mass is 10.1. The van der Waals surface area contributed by atoms with Crippen LogP contribution in [0.4, 0.5) is 11.4 Å². The topological polar surface area (TPSA) is 63.2 Å². The van der Waals surface area contributed by atoms with Gasteiger partial charge in [-0.15, -0.1) is 0 Å².